The molecule has 1 amide bonds. The van der Waals surface area contributed by atoms with Gasteiger partial charge >= 0.3 is 0 Å². The molecule has 0 atom stereocenters. The standard InChI is InChI=1S/C13H18N4O3.ClH/c14-8-9-4-6-16(7-5-9)13(18)10-2-1-3-11(12(10)15)17(19)20;/h1-3,9H,4-8,14-15H2;1H. The highest BCUT2D eigenvalue weighted by Crippen LogP contribution is 2.27. The van der Waals surface area contributed by atoms with Crippen molar-refractivity contribution in [3.05, 3.63) is 33.9 Å². The zero-order chi connectivity index (χ0) is 14.7. The molecule has 1 fully saturated rings. The number of carbonyl (C=O) groups is 1. The Labute approximate surface area is 128 Å². The Balaban J connectivity index is 0.00000220. The molecule has 0 bridgehead atoms. The lowest BCUT2D eigenvalue weighted by Crippen LogP contribution is -2.40. The molecule has 0 aromatic heterocycles. The van der Waals surface area contributed by atoms with E-state index in [0.717, 1.165) is 12.8 Å². The molecule has 7 nitrogen and oxygen atoms in total. The van der Waals surface area contributed by atoms with E-state index in [1.165, 1.54) is 18.2 Å². The van der Waals surface area contributed by atoms with Crippen LogP contribution in [0.25, 0.3) is 0 Å². The summed E-state index contributed by atoms with van der Waals surface area (Å²) < 4.78 is 0. The Morgan fingerprint density at radius 2 is 2.00 bits per heavy atom. The van der Waals surface area contributed by atoms with E-state index < -0.39 is 4.92 Å². The van der Waals surface area contributed by atoms with Gasteiger partial charge in [-0.1, -0.05) is 6.07 Å². The number of carbonyl (C=O) groups excluding carboxylic acids is 1. The fourth-order valence-corrected chi connectivity index (χ4v) is 2.44. The number of amides is 1. The molecule has 1 saturated heterocycles. The SMILES string of the molecule is Cl.NCC1CCN(C(=O)c2cccc([N+](=O)[O-])c2N)CC1. The number of hydrogen-bond acceptors (Lipinski definition) is 5. The van der Waals surface area contributed by atoms with Gasteiger partial charge < -0.3 is 16.4 Å². The van der Waals surface area contributed by atoms with Crippen molar-refractivity contribution < 1.29 is 9.72 Å². The number of para-hydroxylation sites is 1. The number of likely N-dealkylation sites (tertiary alicyclic amines) is 1. The monoisotopic (exact) mass is 314 g/mol. The number of halogens is 1. The summed E-state index contributed by atoms with van der Waals surface area (Å²) in [5, 5.41) is 10.8. The average Bonchev–Trinajstić information content (AvgIpc) is 2.46. The van der Waals surface area contributed by atoms with Gasteiger partial charge in [0.15, 0.2) is 0 Å². The Morgan fingerprint density at radius 3 is 2.52 bits per heavy atom. The lowest BCUT2D eigenvalue weighted by atomic mass is 9.96. The third-order valence-corrected chi connectivity index (χ3v) is 3.75. The normalized spacial score (nSPS) is 15.4. The predicted octanol–water partition coefficient (Wildman–Crippen LogP) is 1.41. The first-order chi connectivity index (χ1) is 9.54. The molecule has 1 aromatic carbocycles. The summed E-state index contributed by atoms with van der Waals surface area (Å²) in [6, 6.07) is 4.31. The first-order valence-corrected chi connectivity index (χ1v) is 6.56. The van der Waals surface area contributed by atoms with Gasteiger partial charge in [0.25, 0.3) is 11.6 Å². The van der Waals surface area contributed by atoms with Crippen molar-refractivity contribution in [2.24, 2.45) is 11.7 Å². The summed E-state index contributed by atoms with van der Waals surface area (Å²) >= 11 is 0. The molecule has 4 N–H and O–H groups in total. The number of rotatable bonds is 3. The zero-order valence-electron chi connectivity index (χ0n) is 11.5. The minimum absolute atomic E-state index is 0. The zero-order valence-corrected chi connectivity index (χ0v) is 12.3. The summed E-state index contributed by atoms with van der Waals surface area (Å²) in [6.45, 7) is 1.85. The third kappa shape index (κ3) is 3.62. The fraction of sp³-hybridized carbons (Fsp3) is 0.462. The summed E-state index contributed by atoms with van der Waals surface area (Å²) in [6.07, 6.45) is 1.72. The molecule has 1 aliphatic heterocycles. The van der Waals surface area contributed by atoms with Gasteiger partial charge in [-0.25, -0.2) is 0 Å². The van der Waals surface area contributed by atoms with Gasteiger partial charge in [-0.3, -0.25) is 14.9 Å². The number of benzene rings is 1. The Bertz CT molecular complexity index is 530. The Kier molecular flexibility index (Phi) is 5.92. The maximum Gasteiger partial charge on any atom is 0.292 e. The largest absolute Gasteiger partial charge is 0.393 e. The first kappa shape index (κ1) is 17.2. The van der Waals surface area contributed by atoms with Crippen molar-refractivity contribution in [2.45, 2.75) is 12.8 Å². The molecular weight excluding hydrogens is 296 g/mol. The number of nitro groups is 1. The third-order valence-electron chi connectivity index (χ3n) is 3.75. The topological polar surface area (TPSA) is 115 Å². The molecule has 1 heterocycles. The van der Waals surface area contributed by atoms with Crippen LogP contribution in [-0.4, -0.2) is 35.4 Å². The van der Waals surface area contributed by atoms with Crippen LogP contribution in [0.2, 0.25) is 0 Å². The van der Waals surface area contributed by atoms with Crippen LogP contribution >= 0.6 is 12.4 Å². The minimum Gasteiger partial charge on any atom is -0.393 e. The van der Waals surface area contributed by atoms with Crippen molar-refractivity contribution in [3.8, 4) is 0 Å². The maximum atomic E-state index is 12.4. The maximum absolute atomic E-state index is 12.4. The minimum atomic E-state index is -0.577. The highest BCUT2D eigenvalue weighted by Gasteiger charge is 2.26. The van der Waals surface area contributed by atoms with Crippen molar-refractivity contribution >= 4 is 29.7 Å². The van der Waals surface area contributed by atoms with Crippen LogP contribution in [0.5, 0.6) is 0 Å². The smallest absolute Gasteiger partial charge is 0.292 e. The van der Waals surface area contributed by atoms with Crippen LogP contribution in [0.15, 0.2) is 18.2 Å². The van der Waals surface area contributed by atoms with Crippen LogP contribution in [0, 0.1) is 16.0 Å². The summed E-state index contributed by atoms with van der Waals surface area (Å²) in [4.78, 5) is 24.3. The van der Waals surface area contributed by atoms with E-state index in [9.17, 15) is 14.9 Å². The molecule has 21 heavy (non-hydrogen) atoms. The number of nitro benzene ring substituents is 1. The molecule has 0 saturated carbocycles. The van der Waals surface area contributed by atoms with E-state index in [2.05, 4.69) is 0 Å². The molecule has 0 aliphatic carbocycles. The van der Waals surface area contributed by atoms with E-state index in [0.29, 0.717) is 25.6 Å². The molecule has 1 aliphatic rings. The Hall–Kier alpha value is -1.86. The van der Waals surface area contributed by atoms with E-state index >= 15 is 0 Å². The van der Waals surface area contributed by atoms with E-state index in [4.69, 9.17) is 11.5 Å². The number of nitrogens with two attached hydrogens (primary N) is 2. The lowest BCUT2D eigenvalue weighted by molar-refractivity contribution is -0.383. The molecule has 0 spiro atoms. The number of nitrogens with zero attached hydrogens (tertiary/aromatic N) is 2. The van der Waals surface area contributed by atoms with Gasteiger partial charge in [-0.2, -0.15) is 0 Å². The molecule has 0 radical (unpaired) electrons. The molecule has 8 heteroatoms. The lowest BCUT2D eigenvalue weighted by Gasteiger charge is -2.31. The van der Waals surface area contributed by atoms with Gasteiger partial charge in [0.1, 0.15) is 5.69 Å². The summed E-state index contributed by atoms with van der Waals surface area (Å²) in [7, 11) is 0. The van der Waals surface area contributed by atoms with Gasteiger partial charge in [-0.05, 0) is 31.4 Å². The molecule has 1 aromatic rings. The number of hydrogen-bond donors (Lipinski definition) is 2. The van der Waals surface area contributed by atoms with Crippen molar-refractivity contribution in [1.82, 2.24) is 4.90 Å². The number of anilines is 1. The summed E-state index contributed by atoms with van der Waals surface area (Å²) in [5.41, 5.74) is 11.3. The highest BCUT2D eigenvalue weighted by atomic mass is 35.5. The van der Waals surface area contributed by atoms with Crippen molar-refractivity contribution in [3.63, 3.8) is 0 Å². The van der Waals surface area contributed by atoms with E-state index in [-0.39, 0.29) is 35.3 Å². The summed E-state index contributed by atoms with van der Waals surface area (Å²) in [5.74, 6) is 0.197. The molecule has 116 valence electrons. The van der Waals surface area contributed by atoms with Crippen LogP contribution in [-0.2, 0) is 0 Å². The van der Waals surface area contributed by atoms with E-state index in [1.54, 1.807) is 4.90 Å². The van der Waals surface area contributed by atoms with Gasteiger partial charge in [0.05, 0.1) is 10.5 Å². The van der Waals surface area contributed by atoms with Crippen molar-refractivity contribution in [1.29, 1.82) is 0 Å². The second-order valence-corrected chi connectivity index (χ2v) is 4.97. The molecule has 0 unspecified atom stereocenters. The van der Waals surface area contributed by atoms with Gasteiger partial charge in [0, 0.05) is 19.2 Å². The van der Waals surface area contributed by atoms with Gasteiger partial charge in [-0.15, -0.1) is 12.4 Å². The highest BCUT2D eigenvalue weighted by molar-refractivity contribution is 6.01. The Morgan fingerprint density at radius 1 is 1.38 bits per heavy atom. The molecular formula is C13H19ClN4O3. The van der Waals surface area contributed by atoms with Crippen LogP contribution < -0.4 is 11.5 Å². The second kappa shape index (κ2) is 7.24. The first-order valence-electron chi connectivity index (χ1n) is 6.56. The number of nitrogen functional groups attached to an aromatic ring is 1. The van der Waals surface area contributed by atoms with Crippen LogP contribution in [0.1, 0.15) is 23.2 Å². The quantitative estimate of drug-likeness (QED) is 0.497. The predicted molar refractivity (Wildman–Crippen MR) is 82.4 cm³/mol. The van der Waals surface area contributed by atoms with E-state index in [1.807, 2.05) is 0 Å². The molecule has 2 rings (SSSR count). The van der Waals surface area contributed by atoms with Crippen LogP contribution in [0.4, 0.5) is 11.4 Å². The second-order valence-electron chi connectivity index (χ2n) is 4.97. The fourth-order valence-electron chi connectivity index (χ4n) is 2.44. The van der Waals surface area contributed by atoms with Crippen molar-refractivity contribution in [2.75, 3.05) is 25.4 Å². The number of piperidine rings is 1. The average molecular weight is 315 g/mol. The van der Waals surface area contributed by atoms with Gasteiger partial charge in [0.2, 0.25) is 0 Å². The van der Waals surface area contributed by atoms with Crippen LogP contribution in [0.3, 0.4) is 0 Å².